The van der Waals surface area contributed by atoms with Crippen LogP contribution in [0.25, 0.3) is 0 Å². The maximum Gasteiger partial charge on any atom is 0.293 e. The van der Waals surface area contributed by atoms with Crippen molar-refractivity contribution in [2.24, 2.45) is 0 Å². The standard InChI is InChI=1S/C14H11F2IN2O2/c15-10-4-2-1-3-9(10)5-6-18-13-7-11(16)12(17)8-14(13)19(20)21/h1-4,7-8,18H,5-6H2. The fourth-order valence-electron chi connectivity index (χ4n) is 1.86. The van der Waals surface area contributed by atoms with Crippen LogP contribution in [0.4, 0.5) is 20.2 Å². The SMILES string of the molecule is O=[N+]([O-])c1cc(I)c(F)cc1NCCc1ccccc1F. The van der Waals surface area contributed by atoms with Crippen LogP contribution in [-0.2, 0) is 6.42 Å². The van der Waals surface area contributed by atoms with Crippen molar-refractivity contribution >= 4 is 34.0 Å². The van der Waals surface area contributed by atoms with E-state index < -0.39 is 10.7 Å². The average molecular weight is 404 g/mol. The van der Waals surface area contributed by atoms with E-state index in [2.05, 4.69) is 5.32 Å². The summed E-state index contributed by atoms with van der Waals surface area (Å²) in [7, 11) is 0. The summed E-state index contributed by atoms with van der Waals surface area (Å²) in [5, 5.41) is 13.7. The molecule has 0 radical (unpaired) electrons. The summed E-state index contributed by atoms with van der Waals surface area (Å²) in [5.74, 6) is -0.864. The monoisotopic (exact) mass is 404 g/mol. The highest BCUT2D eigenvalue weighted by molar-refractivity contribution is 14.1. The molecule has 110 valence electrons. The Morgan fingerprint density at radius 1 is 1.19 bits per heavy atom. The number of nitrogens with zero attached hydrogens (tertiary/aromatic N) is 1. The van der Waals surface area contributed by atoms with Crippen molar-refractivity contribution < 1.29 is 13.7 Å². The highest BCUT2D eigenvalue weighted by Gasteiger charge is 2.17. The van der Waals surface area contributed by atoms with Gasteiger partial charge in [0.15, 0.2) is 0 Å². The van der Waals surface area contributed by atoms with E-state index >= 15 is 0 Å². The van der Waals surface area contributed by atoms with Crippen LogP contribution >= 0.6 is 22.6 Å². The smallest absolute Gasteiger partial charge is 0.293 e. The van der Waals surface area contributed by atoms with E-state index in [0.29, 0.717) is 12.0 Å². The van der Waals surface area contributed by atoms with Gasteiger partial charge in [0.2, 0.25) is 0 Å². The zero-order chi connectivity index (χ0) is 15.4. The molecular formula is C14H11F2IN2O2. The molecule has 0 aliphatic rings. The molecule has 0 unspecified atom stereocenters. The summed E-state index contributed by atoms with van der Waals surface area (Å²) in [4.78, 5) is 10.4. The van der Waals surface area contributed by atoms with Crippen molar-refractivity contribution in [1.82, 2.24) is 0 Å². The third-order valence-electron chi connectivity index (χ3n) is 2.90. The molecule has 21 heavy (non-hydrogen) atoms. The van der Waals surface area contributed by atoms with Crippen LogP contribution in [0, 0.1) is 25.3 Å². The lowest BCUT2D eigenvalue weighted by molar-refractivity contribution is -0.384. The normalized spacial score (nSPS) is 10.4. The Hall–Kier alpha value is -1.77. The molecule has 0 saturated heterocycles. The summed E-state index contributed by atoms with van der Waals surface area (Å²) < 4.78 is 27.1. The topological polar surface area (TPSA) is 55.2 Å². The molecule has 7 heteroatoms. The second kappa shape index (κ2) is 6.79. The Balaban J connectivity index is 2.11. The van der Waals surface area contributed by atoms with Crippen molar-refractivity contribution in [2.75, 3.05) is 11.9 Å². The highest BCUT2D eigenvalue weighted by Crippen LogP contribution is 2.28. The Bertz CT molecular complexity index is 680. The second-order valence-corrected chi connectivity index (χ2v) is 5.47. The van der Waals surface area contributed by atoms with E-state index in [9.17, 15) is 18.9 Å². The van der Waals surface area contributed by atoms with E-state index in [1.54, 1.807) is 40.8 Å². The highest BCUT2D eigenvalue weighted by atomic mass is 127. The van der Waals surface area contributed by atoms with Crippen LogP contribution in [0.3, 0.4) is 0 Å². The van der Waals surface area contributed by atoms with Crippen LogP contribution in [0.1, 0.15) is 5.56 Å². The number of anilines is 1. The van der Waals surface area contributed by atoms with E-state index in [4.69, 9.17) is 0 Å². The summed E-state index contributed by atoms with van der Waals surface area (Å²) in [6.07, 6.45) is 0.345. The van der Waals surface area contributed by atoms with Gasteiger partial charge in [0.05, 0.1) is 8.49 Å². The van der Waals surface area contributed by atoms with E-state index in [0.717, 1.165) is 6.07 Å². The van der Waals surface area contributed by atoms with Gasteiger partial charge in [-0.05, 0) is 40.6 Å². The van der Waals surface area contributed by atoms with E-state index in [1.807, 2.05) is 0 Å². The van der Waals surface area contributed by atoms with Gasteiger partial charge in [-0.15, -0.1) is 0 Å². The number of nitro benzene ring substituents is 1. The molecule has 0 heterocycles. The van der Waals surface area contributed by atoms with Gasteiger partial charge in [-0.2, -0.15) is 0 Å². The molecule has 0 fully saturated rings. The molecule has 0 aromatic heterocycles. The first-order valence-electron chi connectivity index (χ1n) is 6.09. The van der Waals surface area contributed by atoms with Crippen LogP contribution in [-0.4, -0.2) is 11.5 Å². The predicted octanol–water partition coefficient (Wildman–Crippen LogP) is 4.13. The minimum absolute atomic E-state index is 0.0919. The predicted molar refractivity (Wildman–Crippen MR) is 84.4 cm³/mol. The maximum absolute atomic E-state index is 13.5. The third kappa shape index (κ3) is 3.87. The minimum Gasteiger partial charge on any atom is -0.379 e. The summed E-state index contributed by atoms with van der Waals surface area (Å²) in [5.41, 5.74) is 0.391. The van der Waals surface area contributed by atoms with Gasteiger partial charge in [-0.1, -0.05) is 18.2 Å². The molecule has 2 aromatic rings. The zero-order valence-corrected chi connectivity index (χ0v) is 12.9. The molecule has 0 aliphatic heterocycles. The van der Waals surface area contributed by atoms with Crippen molar-refractivity contribution in [2.45, 2.75) is 6.42 Å². The van der Waals surface area contributed by atoms with E-state index in [-0.39, 0.29) is 27.3 Å². The fourth-order valence-corrected chi connectivity index (χ4v) is 2.31. The van der Waals surface area contributed by atoms with Crippen molar-refractivity contribution in [1.29, 1.82) is 0 Å². The third-order valence-corrected chi connectivity index (χ3v) is 3.73. The molecule has 0 spiro atoms. The number of hydrogen-bond acceptors (Lipinski definition) is 3. The number of rotatable bonds is 5. The second-order valence-electron chi connectivity index (χ2n) is 4.31. The van der Waals surface area contributed by atoms with Crippen molar-refractivity contribution in [3.8, 4) is 0 Å². The van der Waals surface area contributed by atoms with Gasteiger partial charge < -0.3 is 5.32 Å². The van der Waals surface area contributed by atoms with Gasteiger partial charge in [0, 0.05) is 18.7 Å². The van der Waals surface area contributed by atoms with Crippen LogP contribution in [0.2, 0.25) is 0 Å². The maximum atomic E-state index is 13.5. The molecule has 0 aliphatic carbocycles. The first-order valence-corrected chi connectivity index (χ1v) is 7.17. The molecule has 0 saturated carbocycles. The Morgan fingerprint density at radius 2 is 1.90 bits per heavy atom. The molecule has 4 nitrogen and oxygen atoms in total. The number of hydrogen-bond donors (Lipinski definition) is 1. The van der Waals surface area contributed by atoms with Gasteiger partial charge >= 0.3 is 0 Å². The Kier molecular flexibility index (Phi) is 5.05. The number of nitro groups is 1. The molecule has 0 bridgehead atoms. The lowest BCUT2D eigenvalue weighted by Gasteiger charge is -2.08. The van der Waals surface area contributed by atoms with Crippen LogP contribution in [0.5, 0.6) is 0 Å². The molecular weight excluding hydrogens is 393 g/mol. The van der Waals surface area contributed by atoms with Gasteiger partial charge in [0.1, 0.15) is 17.3 Å². The van der Waals surface area contributed by atoms with E-state index in [1.165, 1.54) is 12.1 Å². The van der Waals surface area contributed by atoms with Crippen LogP contribution in [0.15, 0.2) is 36.4 Å². The average Bonchev–Trinajstić information content (AvgIpc) is 2.44. The molecule has 1 N–H and O–H groups in total. The van der Waals surface area contributed by atoms with Crippen molar-refractivity contribution in [3.05, 3.63) is 67.3 Å². The fraction of sp³-hybridized carbons (Fsp3) is 0.143. The number of benzene rings is 2. The Labute approximate surface area is 133 Å². The molecule has 0 amide bonds. The summed E-state index contributed by atoms with van der Waals surface area (Å²) in [6.45, 7) is 0.266. The lowest BCUT2D eigenvalue weighted by atomic mass is 10.1. The lowest BCUT2D eigenvalue weighted by Crippen LogP contribution is -2.08. The minimum atomic E-state index is -0.576. The molecule has 2 rings (SSSR count). The van der Waals surface area contributed by atoms with Crippen LogP contribution < -0.4 is 5.32 Å². The zero-order valence-electron chi connectivity index (χ0n) is 10.8. The molecule has 2 aromatic carbocycles. The van der Waals surface area contributed by atoms with Gasteiger partial charge in [-0.25, -0.2) is 8.78 Å². The largest absolute Gasteiger partial charge is 0.379 e. The van der Waals surface area contributed by atoms with Gasteiger partial charge in [0.25, 0.3) is 5.69 Å². The molecule has 0 atom stereocenters. The first kappa shape index (κ1) is 15.6. The quantitative estimate of drug-likeness (QED) is 0.463. The number of nitrogens with one attached hydrogen (secondary N) is 1. The Morgan fingerprint density at radius 3 is 2.57 bits per heavy atom. The summed E-state index contributed by atoms with van der Waals surface area (Å²) in [6, 6.07) is 8.54. The number of halogens is 3. The van der Waals surface area contributed by atoms with Crippen molar-refractivity contribution in [3.63, 3.8) is 0 Å². The van der Waals surface area contributed by atoms with Gasteiger partial charge in [-0.3, -0.25) is 10.1 Å². The summed E-state index contributed by atoms with van der Waals surface area (Å²) >= 11 is 1.69. The first-order chi connectivity index (χ1) is 9.99.